The van der Waals surface area contributed by atoms with Crippen LogP contribution in [0.15, 0.2) is 53.0 Å². The Hall–Kier alpha value is -2.41. The van der Waals surface area contributed by atoms with Crippen LogP contribution in [0.25, 0.3) is 0 Å². The van der Waals surface area contributed by atoms with Gasteiger partial charge in [-0.15, -0.1) is 0 Å². The number of ether oxygens (including phenoxy) is 2. The number of nitrogens with one attached hydrogen (secondary N) is 1. The number of hydrogen-bond donors (Lipinski definition) is 1. The third kappa shape index (κ3) is 5.34. The standard InChI is InChI=1S/C17H15BrFNO4/c1-11(24-13-5-3-2-4-6-13)17(22)23-10-16(21)20-15-8-7-12(18)9-14(15)19/h2-9,11H,10H2,1H3,(H,20,21). The third-order valence-electron chi connectivity index (χ3n) is 2.94. The average molecular weight is 396 g/mol. The Balaban J connectivity index is 1.81. The highest BCUT2D eigenvalue weighted by Crippen LogP contribution is 2.19. The number of para-hydroxylation sites is 1. The van der Waals surface area contributed by atoms with Crippen molar-refractivity contribution in [2.45, 2.75) is 13.0 Å². The van der Waals surface area contributed by atoms with Crippen LogP contribution in [0.3, 0.4) is 0 Å². The van der Waals surface area contributed by atoms with E-state index in [1.54, 1.807) is 30.3 Å². The first-order valence-corrected chi connectivity index (χ1v) is 7.88. The molecule has 1 N–H and O–H groups in total. The Morgan fingerprint density at radius 3 is 2.58 bits per heavy atom. The molecule has 0 saturated carbocycles. The van der Waals surface area contributed by atoms with Crippen LogP contribution in [0, 0.1) is 5.82 Å². The molecule has 2 aromatic carbocycles. The second-order valence-corrected chi connectivity index (χ2v) is 5.77. The lowest BCUT2D eigenvalue weighted by Gasteiger charge is -2.14. The summed E-state index contributed by atoms with van der Waals surface area (Å²) in [4.78, 5) is 23.5. The van der Waals surface area contributed by atoms with Crippen LogP contribution < -0.4 is 10.1 Å². The number of rotatable bonds is 6. The zero-order chi connectivity index (χ0) is 17.5. The molecule has 126 valence electrons. The summed E-state index contributed by atoms with van der Waals surface area (Å²) < 4.78 is 24.4. The topological polar surface area (TPSA) is 64.6 Å². The van der Waals surface area contributed by atoms with Crippen molar-refractivity contribution in [1.29, 1.82) is 0 Å². The SMILES string of the molecule is CC(Oc1ccccc1)C(=O)OCC(=O)Nc1ccc(Br)cc1F. The van der Waals surface area contributed by atoms with Gasteiger partial charge in [-0.1, -0.05) is 34.1 Å². The van der Waals surface area contributed by atoms with Crippen molar-refractivity contribution in [3.05, 3.63) is 58.8 Å². The maximum absolute atomic E-state index is 13.6. The molecule has 0 bridgehead atoms. The van der Waals surface area contributed by atoms with E-state index in [1.165, 1.54) is 19.1 Å². The molecule has 0 radical (unpaired) electrons. The van der Waals surface area contributed by atoms with Crippen molar-refractivity contribution in [2.24, 2.45) is 0 Å². The molecule has 0 saturated heterocycles. The number of halogens is 2. The average Bonchev–Trinajstić information content (AvgIpc) is 2.56. The van der Waals surface area contributed by atoms with Gasteiger partial charge in [0, 0.05) is 4.47 Å². The lowest BCUT2D eigenvalue weighted by molar-refractivity contribution is -0.153. The number of anilines is 1. The number of hydrogen-bond acceptors (Lipinski definition) is 4. The normalized spacial score (nSPS) is 11.5. The number of esters is 1. The summed E-state index contributed by atoms with van der Waals surface area (Å²) in [5, 5.41) is 2.33. The molecule has 5 nitrogen and oxygen atoms in total. The van der Waals surface area contributed by atoms with Crippen molar-refractivity contribution in [3.63, 3.8) is 0 Å². The summed E-state index contributed by atoms with van der Waals surface area (Å²) in [6.45, 7) is 0.985. The molecule has 0 aromatic heterocycles. The van der Waals surface area contributed by atoms with E-state index in [4.69, 9.17) is 9.47 Å². The predicted octanol–water partition coefficient (Wildman–Crippen LogP) is 3.54. The van der Waals surface area contributed by atoms with Crippen molar-refractivity contribution in [3.8, 4) is 5.75 Å². The summed E-state index contributed by atoms with van der Waals surface area (Å²) in [6, 6.07) is 13.0. The number of benzene rings is 2. The highest BCUT2D eigenvalue weighted by atomic mass is 79.9. The number of carbonyl (C=O) groups excluding carboxylic acids is 2. The summed E-state index contributed by atoms with van der Waals surface area (Å²) in [6.07, 6.45) is -0.871. The van der Waals surface area contributed by atoms with Gasteiger partial charge in [-0.2, -0.15) is 0 Å². The van der Waals surface area contributed by atoms with Gasteiger partial charge < -0.3 is 14.8 Å². The number of amides is 1. The molecule has 1 amide bonds. The number of carbonyl (C=O) groups is 2. The lowest BCUT2D eigenvalue weighted by Crippen LogP contribution is -2.29. The molecule has 0 aliphatic carbocycles. The van der Waals surface area contributed by atoms with E-state index in [0.29, 0.717) is 10.2 Å². The Labute approximate surface area is 146 Å². The molecule has 2 aromatic rings. The summed E-state index contributed by atoms with van der Waals surface area (Å²) >= 11 is 3.12. The molecule has 1 atom stereocenters. The maximum atomic E-state index is 13.6. The van der Waals surface area contributed by atoms with Gasteiger partial charge in [-0.25, -0.2) is 9.18 Å². The quantitative estimate of drug-likeness (QED) is 0.759. The highest BCUT2D eigenvalue weighted by molar-refractivity contribution is 9.10. The van der Waals surface area contributed by atoms with Gasteiger partial charge in [-0.05, 0) is 37.3 Å². The molecule has 0 heterocycles. The van der Waals surface area contributed by atoms with E-state index in [-0.39, 0.29) is 5.69 Å². The summed E-state index contributed by atoms with van der Waals surface area (Å²) in [5.41, 5.74) is 0.00725. The molecule has 0 spiro atoms. The van der Waals surface area contributed by atoms with Gasteiger partial charge in [0.05, 0.1) is 5.69 Å². The monoisotopic (exact) mass is 395 g/mol. The van der Waals surface area contributed by atoms with E-state index < -0.39 is 30.4 Å². The van der Waals surface area contributed by atoms with Crippen LogP contribution in [0.4, 0.5) is 10.1 Å². The third-order valence-corrected chi connectivity index (χ3v) is 3.43. The van der Waals surface area contributed by atoms with E-state index in [1.807, 2.05) is 6.07 Å². The van der Waals surface area contributed by atoms with Gasteiger partial charge in [-0.3, -0.25) is 4.79 Å². The van der Waals surface area contributed by atoms with Crippen LogP contribution in [-0.2, 0) is 14.3 Å². The maximum Gasteiger partial charge on any atom is 0.347 e. The molecule has 0 aliphatic heterocycles. The van der Waals surface area contributed by atoms with E-state index >= 15 is 0 Å². The van der Waals surface area contributed by atoms with Gasteiger partial charge in [0.25, 0.3) is 5.91 Å². The molecule has 2 rings (SSSR count). The minimum absolute atomic E-state index is 0.00725. The summed E-state index contributed by atoms with van der Waals surface area (Å²) in [7, 11) is 0. The lowest BCUT2D eigenvalue weighted by atomic mass is 10.3. The smallest absolute Gasteiger partial charge is 0.347 e. The Kier molecular flexibility index (Phi) is 6.31. The molecule has 7 heteroatoms. The van der Waals surface area contributed by atoms with Crippen LogP contribution in [0.5, 0.6) is 5.75 Å². The van der Waals surface area contributed by atoms with Crippen molar-refractivity contribution in [2.75, 3.05) is 11.9 Å². The van der Waals surface area contributed by atoms with E-state index in [2.05, 4.69) is 21.2 Å². The Bertz CT molecular complexity index is 724. The van der Waals surface area contributed by atoms with Gasteiger partial charge in [0.1, 0.15) is 11.6 Å². The minimum atomic E-state index is -0.871. The van der Waals surface area contributed by atoms with Gasteiger partial charge in [0.2, 0.25) is 0 Å². The van der Waals surface area contributed by atoms with Crippen LogP contribution in [0.2, 0.25) is 0 Å². The van der Waals surface area contributed by atoms with Gasteiger partial charge in [0.15, 0.2) is 12.7 Å². The molecular weight excluding hydrogens is 381 g/mol. The van der Waals surface area contributed by atoms with Crippen molar-refractivity contribution >= 4 is 33.5 Å². The fraction of sp³-hybridized carbons (Fsp3) is 0.176. The fourth-order valence-corrected chi connectivity index (χ4v) is 2.12. The zero-order valence-electron chi connectivity index (χ0n) is 12.8. The van der Waals surface area contributed by atoms with Gasteiger partial charge >= 0.3 is 5.97 Å². The Morgan fingerprint density at radius 1 is 1.21 bits per heavy atom. The first-order chi connectivity index (χ1) is 11.5. The van der Waals surface area contributed by atoms with Crippen LogP contribution in [0.1, 0.15) is 6.92 Å². The minimum Gasteiger partial charge on any atom is -0.479 e. The molecule has 24 heavy (non-hydrogen) atoms. The first kappa shape index (κ1) is 17.9. The first-order valence-electron chi connectivity index (χ1n) is 7.09. The second kappa shape index (κ2) is 8.44. The fourth-order valence-electron chi connectivity index (χ4n) is 1.78. The summed E-state index contributed by atoms with van der Waals surface area (Å²) in [5.74, 6) is -1.41. The second-order valence-electron chi connectivity index (χ2n) is 4.85. The Morgan fingerprint density at radius 2 is 1.92 bits per heavy atom. The highest BCUT2D eigenvalue weighted by Gasteiger charge is 2.18. The van der Waals surface area contributed by atoms with E-state index in [9.17, 15) is 14.0 Å². The molecule has 0 fully saturated rings. The van der Waals surface area contributed by atoms with E-state index in [0.717, 1.165) is 0 Å². The largest absolute Gasteiger partial charge is 0.479 e. The molecule has 0 aliphatic rings. The van der Waals surface area contributed by atoms with Crippen molar-refractivity contribution < 1.29 is 23.5 Å². The van der Waals surface area contributed by atoms with Crippen LogP contribution in [-0.4, -0.2) is 24.6 Å². The van der Waals surface area contributed by atoms with Crippen molar-refractivity contribution in [1.82, 2.24) is 0 Å². The molecular formula is C17H15BrFNO4. The predicted molar refractivity (Wildman–Crippen MR) is 90.2 cm³/mol. The van der Waals surface area contributed by atoms with Crippen LogP contribution >= 0.6 is 15.9 Å². The zero-order valence-corrected chi connectivity index (χ0v) is 14.4. The molecule has 1 unspecified atom stereocenters.